The Labute approximate surface area is 89.8 Å². The molecule has 0 amide bonds. The van der Waals surface area contributed by atoms with Crippen LogP contribution in [0.2, 0.25) is 0 Å². The Kier molecular flexibility index (Phi) is 3.57. The molecule has 0 bridgehead atoms. The minimum Gasteiger partial charge on any atom is -0.477 e. The Bertz CT molecular complexity index is 360. The van der Waals surface area contributed by atoms with Crippen LogP contribution in [0.4, 0.5) is 0 Å². The molecular formula is C9H7BrO2S. The van der Waals surface area contributed by atoms with Crippen LogP contribution in [0.25, 0.3) is 6.08 Å². The van der Waals surface area contributed by atoms with Crippen LogP contribution >= 0.6 is 28.6 Å². The van der Waals surface area contributed by atoms with Crippen molar-refractivity contribution in [1.82, 2.24) is 0 Å². The van der Waals surface area contributed by atoms with E-state index in [0.717, 1.165) is 10.0 Å². The molecule has 0 saturated heterocycles. The van der Waals surface area contributed by atoms with Gasteiger partial charge in [-0.1, -0.05) is 28.1 Å². The van der Waals surface area contributed by atoms with Gasteiger partial charge in [-0.15, -0.1) is 12.6 Å². The molecule has 0 radical (unpaired) electrons. The maximum absolute atomic E-state index is 10.4. The molecule has 0 atom stereocenters. The maximum atomic E-state index is 10.4. The molecule has 1 aromatic rings. The third kappa shape index (κ3) is 3.24. The molecule has 0 fully saturated rings. The van der Waals surface area contributed by atoms with Gasteiger partial charge >= 0.3 is 5.97 Å². The molecule has 2 nitrogen and oxygen atoms in total. The van der Waals surface area contributed by atoms with Crippen molar-refractivity contribution in [2.45, 2.75) is 0 Å². The van der Waals surface area contributed by atoms with Crippen molar-refractivity contribution in [3.63, 3.8) is 0 Å². The largest absolute Gasteiger partial charge is 0.477 e. The number of aliphatic carboxylic acids is 1. The highest BCUT2D eigenvalue weighted by molar-refractivity contribution is 9.10. The Balaban J connectivity index is 2.97. The monoisotopic (exact) mass is 258 g/mol. The number of hydrogen-bond acceptors (Lipinski definition) is 2. The molecule has 0 spiro atoms. The predicted octanol–water partition coefficient (Wildman–Crippen LogP) is 2.80. The van der Waals surface area contributed by atoms with Gasteiger partial charge < -0.3 is 5.11 Å². The summed E-state index contributed by atoms with van der Waals surface area (Å²) in [6.07, 6.45) is 1.50. The summed E-state index contributed by atoms with van der Waals surface area (Å²) in [4.78, 5) is 10.5. The van der Waals surface area contributed by atoms with Crippen molar-refractivity contribution >= 4 is 40.6 Å². The fraction of sp³-hybridized carbons (Fsp3) is 0. The van der Waals surface area contributed by atoms with Gasteiger partial charge in [0.25, 0.3) is 0 Å². The minimum atomic E-state index is -1.02. The van der Waals surface area contributed by atoms with E-state index in [4.69, 9.17) is 5.11 Å². The van der Waals surface area contributed by atoms with E-state index < -0.39 is 5.97 Å². The maximum Gasteiger partial charge on any atom is 0.341 e. The summed E-state index contributed by atoms with van der Waals surface area (Å²) < 4.78 is 0.910. The third-order valence-corrected chi connectivity index (χ3v) is 2.18. The summed E-state index contributed by atoms with van der Waals surface area (Å²) in [7, 11) is 0. The van der Waals surface area contributed by atoms with Crippen LogP contribution in [0.15, 0.2) is 33.6 Å². The van der Waals surface area contributed by atoms with E-state index in [-0.39, 0.29) is 4.91 Å². The first kappa shape index (κ1) is 10.3. The van der Waals surface area contributed by atoms with Gasteiger partial charge in [0.2, 0.25) is 0 Å². The highest BCUT2D eigenvalue weighted by atomic mass is 79.9. The zero-order valence-electron chi connectivity index (χ0n) is 6.57. The smallest absolute Gasteiger partial charge is 0.341 e. The van der Waals surface area contributed by atoms with Crippen LogP contribution in [0.3, 0.4) is 0 Å². The number of hydrogen-bond donors (Lipinski definition) is 2. The minimum absolute atomic E-state index is 0.0260. The fourth-order valence-corrected chi connectivity index (χ4v) is 1.38. The lowest BCUT2D eigenvalue weighted by atomic mass is 10.2. The van der Waals surface area contributed by atoms with Crippen molar-refractivity contribution < 1.29 is 9.90 Å². The Morgan fingerprint density at radius 1 is 1.54 bits per heavy atom. The van der Waals surface area contributed by atoms with Gasteiger partial charge in [-0.05, 0) is 23.8 Å². The molecule has 0 aliphatic rings. The van der Waals surface area contributed by atoms with Crippen molar-refractivity contribution in [3.05, 3.63) is 39.2 Å². The van der Waals surface area contributed by atoms with Gasteiger partial charge in [-0.25, -0.2) is 4.79 Å². The number of thiol groups is 1. The molecule has 13 heavy (non-hydrogen) atoms. The summed E-state index contributed by atoms with van der Waals surface area (Å²) in [5.74, 6) is -1.02. The van der Waals surface area contributed by atoms with Crippen LogP contribution in [0, 0.1) is 0 Å². The second kappa shape index (κ2) is 4.48. The topological polar surface area (TPSA) is 37.3 Å². The van der Waals surface area contributed by atoms with Crippen LogP contribution in [-0.2, 0) is 4.79 Å². The van der Waals surface area contributed by atoms with E-state index >= 15 is 0 Å². The molecule has 1 aromatic carbocycles. The normalized spacial score (nSPS) is 11.4. The fourth-order valence-electron chi connectivity index (χ4n) is 0.816. The van der Waals surface area contributed by atoms with Crippen LogP contribution in [-0.4, -0.2) is 11.1 Å². The van der Waals surface area contributed by atoms with Crippen LogP contribution in [0.5, 0.6) is 0 Å². The van der Waals surface area contributed by atoms with Gasteiger partial charge in [0, 0.05) is 4.47 Å². The summed E-state index contributed by atoms with van der Waals surface area (Å²) in [6, 6.07) is 7.33. The van der Waals surface area contributed by atoms with Gasteiger partial charge in [0.1, 0.15) is 0 Å². The molecule has 0 unspecified atom stereocenters. The summed E-state index contributed by atoms with van der Waals surface area (Å²) in [5, 5.41) is 8.56. The first-order chi connectivity index (χ1) is 6.09. The number of halogens is 1. The quantitative estimate of drug-likeness (QED) is 0.633. The van der Waals surface area contributed by atoms with Gasteiger partial charge in [-0.3, -0.25) is 0 Å². The highest BCUT2D eigenvalue weighted by Crippen LogP contribution is 2.15. The Morgan fingerprint density at radius 2 is 2.23 bits per heavy atom. The van der Waals surface area contributed by atoms with Crippen molar-refractivity contribution in [2.24, 2.45) is 0 Å². The zero-order valence-corrected chi connectivity index (χ0v) is 9.05. The molecule has 0 aliphatic heterocycles. The van der Waals surface area contributed by atoms with Crippen molar-refractivity contribution in [3.8, 4) is 0 Å². The summed E-state index contributed by atoms with van der Waals surface area (Å²) in [6.45, 7) is 0. The van der Waals surface area contributed by atoms with Gasteiger partial charge in [0.15, 0.2) is 0 Å². The second-order valence-corrected chi connectivity index (χ2v) is 3.79. The number of carbonyl (C=O) groups is 1. The van der Waals surface area contributed by atoms with Gasteiger partial charge in [0.05, 0.1) is 4.91 Å². The van der Waals surface area contributed by atoms with E-state index in [1.54, 1.807) is 0 Å². The molecule has 68 valence electrons. The van der Waals surface area contributed by atoms with E-state index in [2.05, 4.69) is 28.6 Å². The van der Waals surface area contributed by atoms with E-state index in [0.29, 0.717) is 0 Å². The van der Waals surface area contributed by atoms with Crippen LogP contribution < -0.4 is 0 Å². The van der Waals surface area contributed by atoms with Crippen molar-refractivity contribution in [1.29, 1.82) is 0 Å². The highest BCUT2D eigenvalue weighted by Gasteiger charge is 2.00. The standard InChI is InChI=1S/C9H7BrO2S/c10-7-3-1-2-6(4-7)5-8(13)9(11)12/h1-5,13H,(H,11,12)/b8-5+. The lowest BCUT2D eigenvalue weighted by molar-refractivity contribution is -0.131. The van der Waals surface area contributed by atoms with Gasteiger partial charge in [-0.2, -0.15) is 0 Å². The number of carboxylic acids is 1. The lowest BCUT2D eigenvalue weighted by Gasteiger charge is -1.95. The lowest BCUT2D eigenvalue weighted by Crippen LogP contribution is -1.92. The second-order valence-electron chi connectivity index (χ2n) is 2.39. The van der Waals surface area contributed by atoms with E-state index in [9.17, 15) is 4.79 Å². The summed E-state index contributed by atoms with van der Waals surface area (Å²) in [5.41, 5.74) is 0.807. The molecule has 0 heterocycles. The molecule has 4 heteroatoms. The van der Waals surface area contributed by atoms with E-state index in [1.807, 2.05) is 24.3 Å². The van der Waals surface area contributed by atoms with E-state index in [1.165, 1.54) is 6.08 Å². The summed E-state index contributed by atoms with van der Waals surface area (Å²) >= 11 is 7.10. The number of carboxylic acid groups (broad SMARTS) is 1. The molecule has 1 rings (SSSR count). The predicted molar refractivity (Wildman–Crippen MR) is 58.7 cm³/mol. The SMILES string of the molecule is O=C(O)/C(S)=C\c1cccc(Br)c1. The molecule has 0 aromatic heterocycles. The first-order valence-corrected chi connectivity index (χ1v) is 4.73. The Hall–Kier alpha value is -0.740. The number of rotatable bonds is 2. The molecule has 0 saturated carbocycles. The first-order valence-electron chi connectivity index (χ1n) is 3.49. The van der Waals surface area contributed by atoms with Crippen LogP contribution in [0.1, 0.15) is 5.56 Å². The zero-order chi connectivity index (χ0) is 9.84. The Morgan fingerprint density at radius 3 is 2.77 bits per heavy atom. The molecular weight excluding hydrogens is 252 g/mol. The van der Waals surface area contributed by atoms with Crippen molar-refractivity contribution in [2.75, 3.05) is 0 Å². The average Bonchev–Trinajstić information content (AvgIpc) is 2.04. The molecule has 1 N–H and O–H groups in total. The molecule has 0 aliphatic carbocycles. The average molecular weight is 259 g/mol. The third-order valence-electron chi connectivity index (χ3n) is 1.37. The number of benzene rings is 1.